The first-order valence-electron chi connectivity index (χ1n) is 9.37. The van der Waals surface area contributed by atoms with E-state index < -0.39 is 0 Å². The molecule has 0 saturated heterocycles. The van der Waals surface area contributed by atoms with Gasteiger partial charge >= 0.3 is 0 Å². The maximum absolute atomic E-state index is 12.0. The van der Waals surface area contributed by atoms with Gasteiger partial charge in [-0.3, -0.25) is 4.79 Å². The summed E-state index contributed by atoms with van der Waals surface area (Å²) < 4.78 is 11.1. The number of carbonyl (C=O) groups excluding carboxylic acids is 1. The van der Waals surface area contributed by atoms with Crippen LogP contribution in [0.4, 0.5) is 5.69 Å². The number of amides is 1. The van der Waals surface area contributed by atoms with Crippen LogP contribution in [0.15, 0.2) is 54.6 Å². The second-order valence-electron chi connectivity index (χ2n) is 5.84. The fourth-order valence-corrected chi connectivity index (χ4v) is 2.49. The van der Waals surface area contributed by atoms with Crippen LogP contribution in [0.2, 0.25) is 0 Å². The molecule has 144 valence electrons. The molecule has 27 heavy (non-hydrogen) atoms. The molecule has 1 amide bonds. The number of nitrogens with one attached hydrogen (secondary N) is 2. The van der Waals surface area contributed by atoms with Crippen LogP contribution in [0.3, 0.4) is 0 Å². The summed E-state index contributed by atoms with van der Waals surface area (Å²) in [5.74, 6) is 1.29. The van der Waals surface area contributed by atoms with E-state index in [1.165, 1.54) is 6.08 Å². The summed E-state index contributed by atoms with van der Waals surface area (Å²) in [5, 5.41) is 6.20. The first-order chi connectivity index (χ1) is 13.2. The van der Waals surface area contributed by atoms with Crippen LogP contribution < -0.4 is 20.1 Å². The topological polar surface area (TPSA) is 59.6 Å². The summed E-state index contributed by atoms with van der Waals surface area (Å²) in [5.41, 5.74) is 1.98. The molecule has 2 aromatic rings. The molecule has 2 rings (SSSR count). The Labute approximate surface area is 161 Å². The largest absolute Gasteiger partial charge is 0.490 e. The van der Waals surface area contributed by atoms with E-state index in [9.17, 15) is 4.79 Å². The van der Waals surface area contributed by atoms with E-state index in [0.29, 0.717) is 31.3 Å². The summed E-state index contributed by atoms with van der Waals surface area (Å²) in [7, 11) is 0. The van der Waals surface area contributed by atoms with E-state index in [2.05, 4.69) is 10.6 Å². The Bertz CT molecular complexity index is 730. The van der Waals surface area contributed by atoms with Gasteiger partial charge in [0.15, 0.2) is 11.5 Å². The fraction of sp³-hybridized carbons (Fsp3) is 0.318. The van der Waals surface area contributed by atoms with Crippen molar-refractivity contribution >= 4 is 17.7 Å². The van der Waals surface area contributed by atoms with Crippen molar-refractivity contribution in [1.29, 1.82) is 0 Å². The Morgan fingerprint density at radius 3 is 2.44 bits per heavy atom. The molecular formula is C22H28N2O3. The lowest BCUT2D eigenvalue weighted by molar-refractivity contribution is -0.116. The molecule has 0 aliphatic heterocycles. The molecule has 0 heterocycles. The van der Waals surface area contributed by atoms with E-state index in [4.69, 9.17) is 9.47 Å². The van der Waals surface area contributed by atoms with E-state index >= 15 is 0 Å². The van der Waals surface area contributed by atoms with Gasteiger partial charge in [0.05, 0.1) is 13.2 Å². The standard InChI is InChI=1S/C22H28N2O3/c1-3-26-20-13-11-18(17-21(20)27-4-2)12-14-22(25)24-16-8-15-23-19-9-6-5-7-10-19/h5-7,9-14,17,23H,3-4,8,15-16H2,1-2H3,(H,24,25)/b14-12+. The van der Waals surface area contributed by atoms with E-state index in [-0.39, 0.29) is 5.91 Å². The minimum atomic E-state index is -0.110. The highest BCUT2D eigenvalue weighted by Crippen LogP contribution is 2.28. The summed E-state index contributed by atoms with van der Waals surface area (Å²) >= 11 is 0. The number of carbonyl (C=O) groups is 1. The Morgan fingerprint density at radius 1 is 0.963 bits per heavy atom. The molecule has 0 aliphatic carbocycles. The number of para-hydroxylation sites is 1. The Morgan fingerprint density at radius 2 is 1.70 bits per heavy atom. The number of hydrogen-bond acceptors (Lipinski definition) is 4. The van der Waals surface area contributed by atoms with Crippen molar-refractivity contribution in [3.05, 3.63) is 60.2 Å². The average molecular weight is 368 g/mol. The van der Waals surface area contributed by atoms with Gasteiger partial charge in [-0.15, -0.1) is 0 Å². The zero-order chi connectivity index (χ0) is 19.3. The summed E-state index contributed by atoms with van der Waals surface area (Å²) in [6.07, 6.45) is 4.16. The predicted octanol–water partition coefficient (Wildman–Crippen LogP) is 4.12. The van der Waals surface area contributed by atoms with Crippen molar-refractivity contribution in [3.63, 3.8) is 0 Å². The van der Waals surface area contributed by atoms with Crippen molar-refractivity contribution in [2.75, 3.05) is 31.6 Å². The number of hydrogen-bond donors (Lipinski definition) is 2. The SMILES string of the molecule is CCOc1ccc(/C=C/C(=O)NCCCNc2ccccc2)cc1OCC. The van der Waals surface area contributed by atoms with E-state index in [1.54, 1.807) is 6.08 Å². The average Bonchev–Trinajstić information content (AvgIpc) is 2.69. The minimum absolute atomic E-state index is 0.110. The molecule has 0 radical (unpaired) electrons. The highest BCUT2D eigenvalue weighted by molar-refractivity contribution is 5.91. The molecule has 2 aromatic carbocycles. The van der Waals surface area contributed by atoms with Crippen LogP contribution in [0.5, 0.6) is 11.5 Å². The van der Waals surface area contributed by atoms with Crippen LogP contribution in [0, 0.1) is 0 Å². The lowest BCUT2D eigenvalue weighted by Crippen LogP contribution is -2.23. The summed E-state index contributed by atoms with van der Waals surface area (Å²) in [6, 6.07) is 15.7. The zero-order valence-corrected chi connectivity index (χ0v) is 16.0. The molecule has 5 nitrogen and oxygen atoms in total. The molecule has 0 saturated carbocycles. The van der Waals surface area contributed by atoms with Crippen molar-refractivity contribution in [3.8, 4) is 11.5 Å². The van der Waals surface area contributed by atoms with Gasteiger partial charge in [0.2, 0.25) is 5.91 Å². The molecule has 2 N–H and O–H groups in total. The van der Waals surface area contributed by atoms with Gasteiger partial charge in [0.25, 0.3) is 0 Å². The lowest BCUT2D eigenvalue weighted by atomic mass is 10.2. The molecule has 0 aromatic heterocycles. The van der Waals surface area contributed by atoms with Crippen LogP contribution in [0.25, 0.3) is 6.08 Å². The maximum atomic E-state index is 12.0. The highest BCUT2D eigenvalue weighted by Gasteiger charge is 2.05. The second-order valence-corrected chi connectivity index (χ2v) is 5.84. The van der Waals surface area contributed by atoms with Crippen molar-refractivity contribution in [2.45, 2.75) is 20.3 Å². The van der Waals surface area contributed by atoms with Crippen LogP contribution in [-0.4, -0.2) is 32.2 Å². The van der Waals surface area contributed by atoms with Crippen LogP contribution in [-0.2, 0) is 4.79 Å². The van der Waals surface area contributed by atoms with Crippen molar-refractivity contribution < 1.29 is 14.3 Å². The molecule has 0 bridgehead atoms. The van der Waals surface area contributed by atoms with Gasteiger partial charge in [-0.2, -0.15) is 0 Å². The quantitative estimate of drug-likeness (QED) is 0.463. The highest BCUT2D eigenvalue weighted by atomic mass is 16.5. The summed E-state index contributed by atoms with van der Waals surface area (Å²) in [6.45, 7) is 6.43. The van der Waals surface area contributed by atoms with E-state index in [0.717, 1.165) is 24.2 Å². The predicted molar refractivity (Wildman–Crippen MR) is 110 cm³/mol. The third kappa shape index (κ3) is 7.44. The molecule has 5 heteroatoms. The van der Waals surface area contributed by atoms with Crippen LogP contribution in [0.1, 0.15) is 25.8 Å². The normalized spacial score (nSPS) is 10.6. The fourth-order valence-electron chi connectivity index (χ4n) is 2.49. The van der Waals surface area contributed by atoms with Crippen molar-refractivity contribution in [2.24, 2.45) is 0 Å². The lowest BCUT2D eigenvalue weighted by Gasteiger charge is -2.11. The summed E-state index contributed by atoms with van der Waals surface area (Å²) in [4.78, 5) is 12.0. The van der Waals surface area contributed by atoms with Gasteiger partial charge in [-0.1, -0.05) is 24.3 Å². The van der Waals surface area contributed by atoms with Crippen molar-refractivity contribution in [1.82, 2.24) is 5.32 Å². The smallest absolute Gasteiger partial charge is 0.244 e. The third-order valence-corrected chi connectivity index (χ3v) is 3.75. The maximum Gasteiger partial charge on any atom is 0.244 e. The van der Waals surface area contributed by atoms with Gasteiger partial charge in [-0.25, -0.2) is 0 Å². The van der Waals surface area contributed by atoms with Gasteiger partial charge in [0, 0.05) is 24.9 Å². The number of anilines is 1. The first kappa shape index (κ1) is 20.4. The molecule has 0 unspecified atom stereocenters. The number of benzene rings is 2. The van der Waals surface area contributed by atoms with E-state index in [1.807, 2.05) is 62.4 Å². The molecule has 0 aliphatic rings. The monoisotopic (exact) mass is 368 g/mol. The zero-order valence-electron chi connectivity index (χ0n) is 16.0. The molecular weight excluding hydrogens is 340 g/mol. The molecule has 0 fully saturated rings. The second kappa shape index (κ2) is 11.6. The van der Waals surface area contributed by atoms with Gasteiger partial charge in [0.1, 0.15) is 0 Å². The molecule has 0 spiro atoms. The van der Waals surface area contributed by atoms with Gasteiger partial charge < -0.3 is 20.1 Å². The van der Waals surface area contributed by atoms with Crippen LogP contribution >= 0.6 is 0 Å². The Hall–Kier alpha value is -2.95. The third-order valence-electron chi connectivity index (χ3n) is 3.75. The first-order valence-corrected chi connectivity index (χ1v) is 9.37. The molecule has 0 atom stereocenters. The van der Waals surface area contributed by atoms with Gasteiger partial charge in [-0.05, 0) is 56.2 Å². The Kier molecular flexibility index (Phi) is 8.77. The minimum Gasteiger partial charge on any atom is -0.490 e. The Balaban J connectivity index is 1.76. The number of ether oxygens (including phenoxy) is 2. The number of rotatable bonds is 11.